The molecule has 2 aromatic carbocycles. The average Bonchev–Trinajstić information content (AvgIpc) is 3.34. The van der Waals surface area contributed by atoms with Gasteiger partial charge in [0, 0.05) is 22.1 Å². The first-order valence-electron chi connectivity index (χ1n) is 8.99. The minimum atomic E-state index is -1.05. The fraction of sp³-hybridized carbons (Fsp3) is 0.136. The molecule has 0 bridgehead atoms. The molecule has 0 unspecified atom stereocenters. The van der Waals surface area contributed by atoms with Crippen LogP contribution in [-0.2, 0) is 0 Å². The van der Waals surface area contributed by atoms with Crippen molar-refractivity contribution in [3.8, 4) is 33.4 Å². The van der Waals surface area contributed by atoms with Crippen LogP contribution in [0.4, 0.5) is 0 Å². The van der Waals surface area contributed by atoms with Crippen LogP contribution in [0.15, 0.2) is 53.9 Å². The van der Waals surface area contributed by atoms with E-state index >= 15 is 0 Å². The lowest BCUT2D eigenvalue weighted by Gasteiger charge is -2.10. The third-order valence-electron chi connectivity index (χ3n) is 4.75. The first-order chi connectivity index (χ1) is 14.0. The van der Waals surface area contributed by atoms with Gasteiger partial charge in [0.15, 0.2) is 5.69 Å². The van der Waals surface area contributed by atoms with Crippen molar-refractivity contribution in [2.45, 2.75) is 13.8 Å². The quantitative estimate of drug-likeness (QED) is 0.506. The van der Waals surface area contributed by atoms with Crippen LogP contribution in [0.3, 0.4) is 0 Å². The van der Waals surface area contributed by atoms with E-state index in [9.17, 15) is 9.90 Å². The first-order valence-corrected chi connectivity index (χ1v) is 9.87. The Morgan fingerprint density at radius 3 is 2.52 bits per heavy atom. The zero-order valence-electron chi connectivity index (χ0n) is 16.2. The van der Waals surface area contributed by atoms with Gasteiger partial charge in [0.05, 0.1) is 18.5 Å². The first kappa shape index (κ1) is 18.9. The van der Waals surface area contributed by atoms with Gasteiger partial charge < -0.3 is 9.84 Å². The number of aromatic nitrogens is 3. The normalized spacial score (nSPS) is 10.9. The van der Waals surface area contributed by atoms with Crippen molar-refractivity contribution in [3.63, 3.8) is 0 Å². The predicted octanol–water partition coefficient (Wildman–Crippen LogP) is 4.99. The van der Waals surface area contributed by atoms with Crippen molar-refractivity contribution in [2.75, 3.05) is 7.11 Å². The maximum Gasteiger partial charge on any atom is 0.355 e. The Balaban J connectivity index is 1.97. The molecule has 29 heavy (non-hydrogen) atoms. The molecule has 0 saturated heterocycles. The summed E-state index contributed by atoms with van der Waals surface area (Å²) >= 11 is 1.25. The molecule has 0 aliphatic rings. The number of carboxylic acids is 1. The Morgan fingerprint density at radius 1 is 1.14 bits per heavy atom. The van der Waals surface area contributed by atoms with Crippen LogP contribution in [-0.4, -0.2) is 33.0 Å². The molecule has 0 fully saturated rings. The zero-order chi connectivity index (χ0) is 20.5. The van der Waals surface area contributed by atoms with Gasteiger partial charge in [0.25, 0.3) is 0 Å². The molecule has 6 nitrogen and oxygen atoms in total. The van der Waals surface area contributed by atoms with E-state index in [0.717, 1.165) is 39.4 Å². The van der Waals surface area contributed by atoms with Gasteiger partial charge in [-0.15, -0.1) is 11.3 Å². The van der Waals surface area contributed by atoms with Crippen LogP contribution >= 0.6 is 11.3 Å². The Morgan fingerprint density at radius 2 is 1.90 bits per heavy atom. The third kappa shape index (κ3) is 3.40. The van der Waals surface area contributed by atoms with Gasteiger partial charge in [0.2, 0.25) is 5.13 Å². The van der Waals surface area contributed by atoms with E-state index in [0.29, 0.717) is 5.13 Å². The molecule has 0 aliphatic carbocycles. The minimum Gasteiger partial charge on any atom is -0.497 e. The Kier molecular flexibility index (Phi) is 4.90. The molecule has 0 saturated carbocycles. The van der Waals surface area contributed by atoms with E-state index in [2.05, 4.69) is 4.98 Å². The Hall–Kier alpha value is -3.45. The fourth-order valence-electron chi connectivity index (χ4n) is 3.31. The second-order valence-corrected chi connectivity index (χ2v) is 7.44. The van der Waals surface area contributed by atoms with Gasteiger partial charge in [0.1, 0.15) is 5.75 Å². The molecule has 0 amide bonds. The second kappa shape index (κ2) is 7.52. The highest BCUT2D eigenvalue weighted by molar-refractivity contribution is 7.12. The van der Waals surface area contributed by atoms with Gasteiger partial charge in [-0.25, -0.2) is 14.5 Å². The van der Waals surface area contributed by atoms with Crippen LogP contribution in [0.5, 0.6) is 5.75 Å². The number of methoxy groups -OCH3 is 1. The van der Waals surface area contributed by atoms with Crippen molar-refractivity contribution >= 4 is 17.3 Å². The number of aryl methyl sites for hydroxylation is 1. The number of hydrogen-bond donors (Lipinski definition) is 1. The minimum absolute atomic E-state index is 0.0109. The van der Waals surface area contributed by atoms with Crippen molar-refractivity contribution in [1.82, 2.24) is 14.8 Å². The lowest BCUT2D eigenvalue weighted by Crippen LogP contribution is -2.02. The maximum absolute atomic E-state index is 11.3. The summed E-state index contributed by atoms with van der Waals surface area (Å²) in [5, 5.41) is 16.1. The summed E-state index contributed by atoms with van der Waals surface area (Å²) in [6, 6.07) is 15.8. The Bertz CT molecular complexity index is 1200. The highest BCUT2D eigenvalue weighted by Crippen LogP contribution is 2.36. The Labute approximate surface area is 172 Å². The lowest BCUT2D eigenvalue weighted by molar-refractivity contribution is 0.0691. The summed E-state index contributed by atoms with van der Waals surface area (Å²) in [6.45, 7) is 4.04. The number of thiazole rings is 1. The number of ether oxygens (including phenoxy) is 1. The number of rotatable bonds is 5. The third-order valence-corrected chi connectivity index (χ3v) is 5.57. The van der Waals surface area contributed by atoms with Gasteiger partial charge >= 0.3 is 5.97 Å². The summed E-state index contributed by atoms with van der Waals surface area (Å²) in [7, 11) is 1.64. The SMILES string of the molecule is COc1ccc(-c2c(C)c(-c3ccccc3)nn2-c2nc(C(=O)O)cs2)c(C)c1. The molecular weight excluding hydrogens is 386 g/mol. The lowest BCUT2D eigenvalue weighted by atomic mass is 9.99. The fourth-order valence-corrected chi connectivity index (χ4v) is 4.06. The monoisotopic (exact) mass is 405 g/mol. The van der Waals surface area contributed by atoms with E-state index in [4.69, 9.17) is 9.84 Å². The number of nitrogens with zero attached hydrogens (tertiary/aromatic N) is 3. The predicted molar refractivity (Wildman–Crippen MR) is 113 cm³/mol. The molecule has 7 heteroatoms. The van der Waals surface area contributed by atoms with Crippen LogP contribution < -0.4 is 4.74 Å². The van der Waals surface area contributed by atoms with Crippen molar-refractivity contribution < 1.29 is 14.6 Å². The molecule has 0 atom stereocenters. The van der Waals surface area contributed by atoms with Gasteiger partial charge in [-0.05, 0) is 37.6 Å². The van der Waals surface area contributed by atoms with Crippen molar-refractivity contribution in [3.05, 3.63) is 70.7 Å². The van der Waals surface area contributed by atoms with E-state index in [1.165, 1.54) is 16.7 Å². The molecule has 0 radical (unpaired) electrons. The molecule has 146 valence electrons. The second-order valence-electron chi connectivity index (χ2n) is 6.60. The number of aromatic carboxylic acids is 1. The summed E-state index contributed by atoms with van der Waals surface area (Å²) in [4.78, 5) is 15.6. The number of benzene rings is 2. The molecule has 2 heterocycles. The maximum atomic E-state index is 11.3. The van der Waals surface area contributed by atoms with E-state index < -0.39 is 5.97 Å². The molecule has 1 N–H and O–H groups in total. The van der Waals surface area contributed by atoms with Crippen LogP contribution in [0.2, 0.25) is 0 Å². The average molecular weight is 405 g/mol. The summed E-state index contributed by atoms with van der Waals surface area (Å²) in [5.41, 5.74) is 5.74. The topological polar surface area (TPSA) is 77.2 Å². The molecule has 4 aromatic rings. The van der Waals surface area contributed by atoms with Gasteiger partial charge in [-0.1, -0.05) is 30.3 Å². The molecule has 0 aliphatic heterocycles. The summed E-state index contributed by atoms with van der Waals surface area (Å²) in [5.74, 6) is -0.275. The highest BCUT2D eigenvalue weighted by atomic mass is 32.1. The molecule has 0 spiro atoms. The van der Waals surface area contributed by atoms with E-state index in [1.54, 1.807) is 11.8 Å². The van der Waals surface area contributed by atoms with Crippen LogP contribution in [0, 0.1) is 13.8 Å². The smallest absolute Gasteiger partial charge is 0.355 e. The number of hydrogen-bond acceptors (Lipinski definition) is 5. The van der Waals surface area contributed by atoms with Crippen molar-refractivity contribution in [1.29, 1.82) is 0 Å². The molecule has 2 aromatic heterocycles. The van der Waals surface area contributed by atoms with E-state index in [-0.39, 0.29) is 5.69 Å². The molecule has 4 rings (SSSR count). The summed E-state index contributed by atoms with van der Waals surface area (Å²) < 4.78 is 7.08. The molecular formula is C22H19N3O3S. The zero-order valence-corrected chi connectivity index (χ0v) is 17.0. The van der Waals surface area contributed by atoms with Crippen LogP contribution in [0.25, 0.3) is 27.6 Å². The number of carbonyl (C=O) groups is 1. The summed E-state index contributed by atoms with van der Waals surface area (Å²) in [6.07, 6.45) is 0. The van der Waals surface area contributed by atoms with E-state index in [1.807, 2.05) is 62.4 Å². The largest absolute Gasteiger partial charge is 0.497 e. The highest BCUT2D eigenvalue weighted by Gasteiger charge is 2.22. The van der Waals surface area contributed by atoms with Gasteiger partial charge in [-0.2, -0.15) is 5.10 Å². The standard InChI is InChI=1S/C22H19N3O3S/c1-13-11-16(28-3)9-10-17(13)20-14(2)19(15-7-5-4-6-8-15)24-25(20)22-23-18(12-29-22)21(26)27/h4-12H,1-3H3,(H,26,27). The van der Waals surface area contributed by atoms with Crippen LogP contribution in [0.1, 0.15) is 21.6 Å². The van der Waals surface area contributed by atoms with Gasteiger partial charge in [-0.3, -0.25) is 0 Å². The number of carboxylic acid groups (broad SMARTS) is 1. The van der Waals surface area contributed by atoms with Crippen molar-refractivity contribution in [2.24, 2.45) is 0 Å².